The molecule has 0 unspecified atom stereocenters. The molecule has 0 bridgehead atoms. The molecule has 2 aromatic rings. The summed E-state index contributed by atoms with van der Waals surface area (Å²) in [6.45, 7) is 4.89. The summed E-state index contributed by atoms with van der Waals surface area (Å²) < 4.78 is 6.28. The van der Waals surface area contributed by atoms with Crippen molar-refractivity contribution < 1.29 is 4.74 Å². The van der Waals surface area contributed by atoms with E-state index in [0.29, 0.717) is 12.5 Å². The number of hydrogen-bond acceptors (Lipinski definition) is 4. The molecule has 0 amide bonds. The van der Waals surface area contributed by atoms with E-state index < -0.39 is 0 Å². The highest BCUT2D eigenvalue weighted by Crippen LogP contribution is 2.28. The van der Waals surface area contributed by atoms with Gasteiger partial charge >= 0.3 is 0 Å². The second kappa shape index (κ2) is 7.17. The van der Waals surface area contributed by atoms with Crippen LogP contribution in [0.1, 0.15) is 31.0 Å². The quantitative estimate of drug-likeness (QED) is 0.774. The molecular formula is C16H20IN3O. The van der Waals surface area contributed by atoms with E-state index in [1.807, 2.05) is 25.2 Å². The lowest BCUT2D eigenvalue weighted by atomic mass is 10.1. The summed E-state index contributed by atoms with van der Waals surface area (Å²) in [5, 5.41) is 3.16. The molecule has 2 rings (SSSR count). The van der Waals surface area contributed by atoms with Crippen LogP contribution in [0.5, 0.6) is 0 Å². The summed E-state index contributed by atoms with van der Waals surface area (Å²) in [4.78, 5) is 9.39. The molecule has 1 N–H and O–H groups in total. The number of methoxy groups -OCH3 is 1. The van der Waals surface area contributed by atoms with Crippen molar-refractivity contribution in [2.24, 2.45) is 0 Å². The molecule has 0 radical (unpaired) electrons. The van der Waals surface area contributed by atoms with Crippen LogP contribution >= 0.6 is 22.6 Å². The molecule has 0 aliphatic heterocycles. The first-order valence-electron chi connectivity index (χ1n) is 6.90. The number of ether oxygens (including phenoxy) is 1. The van der Waals surface area contributed by atoms with Gasteiger partial charge in [0.25, 0.3) is 0 Å². The van der Waals surface area contributed by atoms with E-state index in [0.717, 1.165) is 32.0 Å². The minimum Gasteiger partial charge on any atom is -0.380 e. The van der Waals surface area contributed by atoms with Crippen LogP contribution in [-0.2, 0) is 11.3 Å². The minimum absolute atomic E-state index is 0.355. The van der Waals surface area contributed by atoms with Gasteiger partial charge in [-0.25, -0.2) is 9.97 Å². The number of halogens is 1. The first-order valence-corrected chi connectivity index (χ1v) is 7.98. The molecule has 1 aromatic heterocycles. The Kier molecular flexibility index (Phi) is 5.52. The zero-order valence-electron chi connectivity index (χ0n) is 12.8. The number of aromatic nitrogens is 2. The van der Waals surface area contributed by atoms with E-state index in [2.05, 4.69) is 52.8 Å². The van der Waals surface area contributed by atoms with Crippen molar-refractivity contribution in [1.29, 1.82) is 0 Å². The van der Waals surface area contributed by atoms with Gasteiger partial charge in [-0.15, -0.1) is 0 Å². The third-order valence-corrected chi connectivity index (χ3v) is 4.22. The fourth-order valence-electron chi connectivity index (χ4n) is 2.11. The number of nitrogens with zero attached hydrogens (tertiary/aromatic N) is 2. The molecule has 5 heteroatoms. The Hall–Kier alpha value is -1.21. The van der Waals surface area contributed by atoms with Gasteiger partial charge in [-0.3, -0.25) is 0 Å². The summed E-state index contributed by atoms with van der Waals surface area (Å²) in [6, 6.07) is 8.17. The molecule has 112 valence electrons. The van der Waals surface area contributed by atoms with Gasteiger partial charge in [-0.05, 0) is 40.1 Å². The lowest BCUT2D eigenvalue weighted by molar-refractivity contribution is 0.185. The van der Waals surface area contributed by atoms with Crippen molar-refractivity contribution in [2.75, 3.05) is 19.5 Å². The highest BCUT2D eigenvalue weighted by atomic mass is 127. The topological polar surface area (TPSA) is 47.0 Å². The van der Waals surface area contributed by atoms with Crippen molar-refractivity contribution in [3.8, 4) is 11.4 Å². The lowest BCUT2D eigenvalue weighted by Gasteiger charge is -2.14. The Bertz CT molecular complexity index is 629. The molecule has 1 heterocycles. The summed E-state index contributed by atoms with van der Waals surface area (Å²) in [5.74, 6) is 1.98. The summed E-state index contributed by atoms with van der Waals surface area (Å²) in [5.41, 5.74) is 3.20. The molecule has 0 saturated carbocycles. The van der Waals surface area contributed by atoms with Gasteiger partial charge in [-0.1, -0.05) is 32.0 Å². The van der Waals surface area contributed by atoms with E-state index in [4.69, 9.17) is 9.72 Å². The summed E-state index contributed by atoms with van der Waals surface area (Å²) in [6.07, 6.45) is 0. The average Bonchev–Trinajstić information content (AvgIpc) is 2.48. The Morgan fingerprint density at radius 2 is 2.05 bits per heavy atom. The zero-order chi connectivity index (χ0) is 15.4. The van der Waals surface area contributed by atoms with Crippen LogP contribution < -0.4 is 5.32 Å². The molecule has 0 aliphatic rings. The van der Waals surface area contributed by atoms with Crippen LogP contribution in [0.4, 0.5) is 5.82 Å². The second-order valence-corrected chi connectivity index (χ2v) is 6.21. The van der Waals surface area contributed by atoms with Gasteiger partial charge in [0, 0.05) is 19.7 Å². The van der Waals surface area contributed by atoms with E-state index in [-0.39, 0.29) is 0 Å². The van der Waals surface area contributed by atoms with Crippen molar-refractivity contribution >= 4 is 28.4 Å². The van der Waals surface area contributed by atoms with E-state index in [9.17, 15) is 0 Å². The monoisotopic (exact) mass is 397 g/mol. The van der Waals surface area contributed by atoms with Gasteiger partial charge in [-0.2, -0.15) is 0 Å². The number of nitrogens with one attached hydrogen (secondary N) is 1. The van der Waals surface area contributed by atoms with Gasteiger partial charge in [0.05, 0.1) is 15.9 Å². The fourth-order valence-corrected chi connectivity index (χ4v) is 3.24. The van der Waals surface area contributed by atoms with E-state index >= 15 is 0 Å². The summed E-state index contributed by atoms with van der Waals surface area (Å²) in [7, 11) is 3.59. The maximum atomic E-state index is 5.19. The normalized spacial score (nSPS) is 11.0. The fraction of sp³-hybridized carbons (Fsp3) is 0.375. The van der Waals surface area contributed by atoms with Crippen LogP contribution in [0.25, 0.3) is 11.4 Å². The predicted octanol–water partition coefficient (Wildman–Crippen LogP) is 4.06. The largest absolute Gasteiger partial charge is 0.380 e. The van der Waals surface area contributed by atoms with Crippen LogP contribution in [0.15, 0.2) is 24.3 Å². The van der Waals surface area contributed by atoms with Gasteiger partial charge in [0.15, 0.2) is 5.82 Å². The Labute approximate surface area is 139 Å². The second-order valence-electron chi connectivity index (χ2n) is 5.13. The van der Waals surface area contributed by atoms with Crippen LogP contribution in [0, 0.1) is 3.57 Å². The maximum absolute atomic E-state index is 5.19. The van der Waals surface area contributed by atoms with Crippen LogP contribution in [0.3, 0.4) is 0 Å². The Morgan fingerprint density at radius 1 is 1.29 bits per heavy atom. The van der Waals surface area contributed by atoms with Crippen molar-refractivity contribution in [1.82, 2.24) is 9.97 Å². The average molecular weight is 397 g/mol. The minimum atomic E-state index is 0.355. The molecular weight excluding hydrogens is 377 g/mol. The molecule has 0 spiro atoms. The molecule has 0 atom stereocenters. The highest BCUT2D eigenvalue weighted by Gasteiger charge is 2.15. The number of benzene rings is 1. The van der Waals surface area contributed by atoms with Gasteiger partial charge in [0.2, 0.25) is 0 Å². The third kappa shape index (κ3) is 3.71. The first-order chi connectivity index (χ1) is 10.1. The zero-order valence-corrected chi connectivity index (χ0v) is 14.9. The molecule has 4 nitrogen and oxygen atoms in total. The Balaban J connectivity index is 2.53. The van der Waals surface area contributed by atoms with Crippen molar-refractivity contribution in [3.63, 3.8) is 0 Å². The predicted molar refractivity (Wildman–Crippen MR) is 94.5 cm³/mol. The van der Waals surface area contributed by atoms with E-state index in [1.54, 1.807) is 7.11 Å². The molecule has 0 fully saturated rings. The number of rotatable bonds is 5. The first kappa shape index (κ1) is 16.2. The van der Waals surface area contributed by atoms with Gasteiger partial charge < -0.3 is 10.1 Å². The van der Waals surface area contributed by atoms with Crippen molar-refractivity contribution in [2.45, 2.75) is 26.4 Å². The van der Waals surface area contributed by atoms with Crippen molar-refractivity contribution in [3.05, 3.63) is 39.1 Å². The lowest BCUT2D eigenvalue weighted by Crippen LogP contribution is -2.06. The molecule has 21 heavy (non-hydrogen) atoms. The van der Waals surface area contributed by atoms with E-state index in [1.165, 1.54) is 0 Å². The van der Waals surface area contributed by atoms with Crippen LogP contribution in [0.2, 0.25) is 0 Å². The van der Waals surface area contributed by atoms with Gasteiger partial charge in [0.1, 0.15) is 5.82 Å². The molecule has 0 aliphatic carbocycles. The van der Waals surface area contributed by atoms with Crippen LogP contribution in [-0.4, -0.2) is 24.1 Å². The SMILES string of the molecule is CNc1nc(-c2cccc(COC)c2)nc(C(C)C)c1I. The standard InChI is InChI=1S/C16H20IN3O/c1-10(2)14-13(17)16(18-3)20-15(19-14)12-7-5-6-11(8-12)9-21-4/h5-8,10H,9H2,1-4H3,(H,18,19,20). The third-order valence-electron chi connectivity index (χ3n) is 3.16. The Morgan fingerprint density at radius 3 is 2.67 bits per heavy atom. The number of hydrogen-bond donors (Lipinski definition) is 1. The summed E-state index contributed by atoms with van der Waals surface area (Å²) >= 11 is 2.30. The smallest absolute Gasteiger partial charge is 0.161 e. The highest BCUT2D eigenvalue weighted by molar-refractivity contribution is 14.1. The molecule has 0 saturated heterocycles. The molecule has 1 aromatic carbocycles. The maximum Gasteiger partial charge on any atom is 0.161 e. The number of anilines is 1.